The molecule has 0 bridgehead atoms. The van der Waals surface area contributed by atoms with E-state index in [1.807, 2.05) is 18.2 Å². The Morgan fingerprint density at radius 3 is 3.22 bits per heavy atom. The summed E-state index contributed by atoms with van der Waals surface area (Å²) < 4.78 is 0. The molecule has 0 fully saturated rings. The van der Waals surface area contributed by atoms with E-state index in [2.05, 4.69) is 25.5 Å². The number of fused-ring (bicyclic) bond motifs is 1. The lowest BCUT2D eigenvalue weighted by Gasteiger charge is -1.95. The lowest BCUT2D eigenvalue weighted by Crippen LogP contribution is -1.91. The number of aromatic amines is 1. The minimum Gasteiger partial charge on any atom is -0.383 e. The summed E-state index contributed by atoms with van der Waals surface area (Å²) in [6.07, 6.45) is 3.37. The van der Waals surface area contributed by atoms with Crippen LogP contribution in [0.2, 0.25) is 0 Å². The summed E-state index contributed by atoms with van der Waals surface area (Å²) in [5, 5.41) is 6.54. The van der Waals surface area contributed by atoms with Crippen molar-refractivity contribution in [1.82, 2.24) is 15.0 Å². The van der Waals surface area contributed by atoms with Crippen LogP contribution < -0.4 is 11.2 Å². The van der Waals surface area contributed by atoms with Crippen molar-refractivity contribution in [1.29, 1.82) is 0 Å². The molecule has 0 aliphatic rings. The highest BCUT2D eigenvalue weighted by Gasteiger charge is 2.00. The van der Waals surface area contributed by atoms with E-state index < -0.39 is 0 Å². The van der Waals surface area contributed by atoms with Gasteiger partial charge in [-0.05, 0) is 6.07 Å². The van der Waals surface area contributed by atoms with Crippen molar-refractivity contribution in [3.05, 3.63) is 35.5 Å². The van der Waals surface area contributed by atoms with Crippen LogP contribution in [0.4, 0.5) is 10.9 Å². The molecular formula is C11H10N6S. The minimum atomic E-state index is 0.493. The average Bonchev–Trinajstić information content (AvgIpc) is 2.98. The van der Waals surface area contributed by atoms with E-state index in [4.69, 9.17) is 5.73 Å². The summed E-state index contributed by atoms with van der Waals surface area (Å²) in [6.45, 7) is 0. The fourth-order valence-electron chi connectivity index (χ4n) is 1.59. The third-order valence-electron chi connectivity index (χ3n) is 2.37. The number of hydrogen-bond acceptors (Lipinski definition) is 6. The fraction of sp³-hybridized carbons (Fsp3) is 0. The van der Waals surface area contributed by atoms with Crippen LogP contribution >= 0.6 is 11.3 Å². The van der Waals surface area contributed by atoms with E-state index in [-0.39, 0.29) is 0 Å². The number of hydrazone groups is 1. The topological polar surface area (TPSA) is 92.0 Å². The van der Waals surface area contributed by atoms with Crippen molar-refractivity contribution >= 4 is 39.5 Å². The number of nitrogens with zero attached hydrogens (tertiary/aromatic N) is 3. The number of nitrogen functional groups attached to an aromatic ring is 1. The maximum absolute atomic E-state index is 5.52. The number of imidazole rings is 1. The van der Waals surface area contributed by atoms with Gasteiger partial charge in [-0.2, -0.15) is 5.10 Å². The number of nitrogens with two attached hydrogens (primary N) is 1. The Hall–Kier alpha value is -2.41. The van der Waals surface area contributed by atoms with Crippen LogP contribution in [0.1, 0.15) is 5.56 Å². The second kappa shape index (κ2) is 4.46. The summed E-state index contributed by atoms with van der Waals surface area (Å²) in [4.78, 5) is 11.3. The lowest BCUT2D eigenvalue weighted by atomic mass is 10.2. The van der Waals surface area contributed by atoms with Crippen LogP contribution in [-0.4, -0.2) is 21.2 Å². The molecule has 0 saturated carbocycles. The second-order valence-electron chi connectivity index (χ2n) is 3.59. The van der Waals surface area contributed by atoms with Gasteiger partial charge in [-0.3, -0.25) is 5.43 Å². The van der Waals surface area contributed by atoms with Crippen LogP contribution in [0.25, 0.3) is 11.0 Å². The van der Waals surface area contributed by atoms with E-state index in [9.17, 15) is 0 Å². The van der Waals surface area contributed by atoms with Crippen molar-refractivity contribution in [3.8, 4) is 0 Å². The standard InChI is InChI=1S/C11H10N6S/c12-9-5-18-11(16-9)17-15-4-7-2-1-3-8-10(7)14-6-13-8/h1-6H,12H2,(H,13,14)(H,16,17). The Morgan fingerprint density at radius 1 is 1.44 bits per heavy atom. The van der Waals surface area contributed by atoms with Crippen molar-refractivity contribution in [2.45, 2.75) is 0 Å². The third kappa shape index (κ3) is 2.03. The van der Waals surface area contributed by atoms with E-state index >= 15 is 0 Å². The predicted octanol–water partition coefficient (Wildman–Crippen LogP) is 2.05. The Labute approximate surface area is 107 Å². The first kappa shape index (κ1) is 10.7. The maximum atomic E-state index is 5.52. The molecule has 1 aromatic carbocycles. The molecule has 0 atom stereocenters. The molecule has 6 nitrogen and oxygen atoms in total. The molecule has 0 unspecified atom stereocenters. The van der Waals surface area contributed by atoms with E-state index in [0.717, 1.165) is 16.6 Å². The molecule has 0 amide bonds. The van der Waals surface area contributed by atoms with Crippen molar-refractivity contribution < 1.29 is 0 Å². The molecular weight excluding hydrogens is 248 g/mol. The summed E-state index contributed by atoms with van der Waals surface area (Å²) in [7, 11) is 0. The molecule has 2 heterocycles. The number of hydrogen-bond donors (Lipinski definition) is 3. The van der Waals surface area contributed by atoms with Crippen LogP contribution in [0.15, 0.2) is 35.0 Å². The Bertz CT molecular complexity index is 698. The highest BCUT2D eigenvalue weighted by atomic mass is 32.1. The average molecular weight is 258 g/mol. The Morgan fingerprint density at radius 2 is 2.39 bits per heavy atom. The molecule has 0 aliphatic carbocycles. The number of para-hydroxylation sites is 1. The minimum absolute atomic E-state index is 0.493. The fourth-order valence-corrected chi connectivity index (χ4v) is 2.14. The first-order valence-corrected chi connectivity index (χ1v) is 6.13. The number of H-pyrrole nitrogens is 1. The third-order valence-corrected chi connectivity index (χ3v) is 3.13. The van der Waals surface area contributed by atoms with Gasteiger partial charge >= 0.3 is 0 Å². The number of nitrogens with one attached hydrogen (secondary N) is 2. The van der Waals surface area contributed by atoms with Gasteiger partial charge in [0.25, 0.3) is 0 Å². The summed E-state index contributed by atoms with van der Waals surface area (Å²) in [5.74, 6) is 0.493. The van der Waals surface area contributed by atoms with E-state index in [0.29, 0.717) is 10.9 Å². The molecule has 0 radical (unpaired) electrons. The van der Waals surface area contributed by atoms with Gasteiger partial charge in [0.2, 0.25) is 5.13 Å². The van der Waals surface area contributed by atoms with Crippen LogP contribution in [0.5, 0.6) is 0 Å². The smallest absolute Gasteiger partial charge is 0.205 e. The van der Waals surface area contributed by atoms with Gasteiger partial charge in [-0.25, -0.2) is 9.97 Å². The quantitative estimate of drug-likeness (QED) is 0.495. The largest absolute Gasteiger partial charge is 0.383 e. The van der Waals surface area contributed by atoms with E-state index in [1.165, 1.54) is 11.3 Å². The lowest BCUT2D eigenvalue weighted by molar-refractivity contribution is 1.29. The van der Waals surface area contributed by atoms with E-state index in [1.54, 1.807) is 17.9 Å². The molecule has 0 aliphatic heterocycles. The van der Waals surface area contributed by atoms with Crippen molar-refractivity contribution in [2.75, 3.05) is 11.2 Å². The van der Waals surface area contributed by atoms with Gasteiger partial charge in [0.15, 0.2) is 0 Å². The van der Waals surface area contributed by atoms with Gasteiger partial charge < -0.3 is 10.7 Å². The highest BCUT2D eigenvalue weighted by molar-refractivity contribution is 7.14. The molecule has 0 saturated heterocycles. The Kier molecular flexibility index (Phi) is 2.66. The van der Waals surface area contributed by atoms with Gasteiger partial charge in [0.1, 0.15) is 5.82 Å². The molecule has 2 aromatic heterocycles. The molecule has 7 heteroatoms. The second-order valence-corrected chi connectivity index (χ2v) is 4.45. The van der Waals surface area contributed by atoms with Crippen LogP contribution in [0, 0.1) is 0 Å². The van der Waals surface area contributed by atoms with Gasteiger partial charge in [-0.1, -0.05) is 12.1 Å². The summed E-state index contributed by atoms with van der Waals surface area (Å²) >= 11 is 1.41. The number of anilines is 2. The van der Waals surface area contributed by atoms with Gasteiger partial charge in [0.05, 0.1) is 23.6 Å². The zero-order valence-corrected chi connectivity index (χ0v) is 10.1. The number of benzene rings is 1. The molecule has 0 spiro atoms. The molecule has 4 N–H and O–H groups in total. The van der Waals surface area contributed by atoms with Gasteiger partial charge in [0, 0.05) is 10.9 Å². The SMILES string of the molecule is Nc1csc(NN=Cc2cccc3[nH]cnc23)n1. The first-order valence-electron chi connectivity index (χ1n) is 5.25. The van der Waals surface area contributed by atoms with Gasteiger partial charge in [-0.15, -0.1) is 11.3 Å². The maximum Gasteiger partial charge on any atom is 0.205 e. The first-order chi connectivity index (χ1) is 8.83. The van der Waals surface area contributed by atoms with Crippen LogP contribution in [0.3, 0.4) is 0 Å². The molecule has 18 heavy (non-hydrogen) atoms. The molecule has 3 aromatic rings. The van der Waals surface area contributed by atoms with Crippen molar-refractivity contribution in [3.63, 3.8) is 0 Å². The van der Waals surface area contributed by atoms with Crippen LogP contribution in [-0.2, 0) is 0 Å². The predicted molar refractivity (Wildman–Crippen MR) is 73.8 cm³/mol. The summed E-state index contributed by atoms with van der Waals surface area (Å²) in [6, 6.07) is 5.86. The highest BCUT2D eigenvalue weighted by Crippen LogP contribution is 2.16. The number of rotatable bonds is 3. The normalized spacial score (nSPS) is 11.3. The Balaban J connectivity index is 1.81. The van der Waals surface area contributed by atoms with Crippen molar-refractivity contribution in [2.24, 2.45) is 5.10 Å². The number of aromatic nitrogens is 3. The summed E-state index contributed by atoms with van der Waals surface area (Å²) in [5.41, 5.74) is 11.2. The zero-order valence-electron chi connectivity index (χ0n) is 9.29. The molecule has 90 valence electrons. The number of thiazole rings is 1. The zero-order chi connectivity index (χ0) is 12.4. The monoisotopic (exact) mass is 258 g/mol. The molecule has 3 rings (SSSR count).